The molecule has 4 atom stereocenters. The number of carboxylic acid groups (broad SMARTS) is 2. The predicted octanol–water partition coefficient (Wildman–Crippen LogP) is -4.67. The molecule has 0 saturated heterocycles. The van der Waals surface area contributed by atoms with Crippen LogP contribution in [-0.2, 0) is 24.0 Å². The molecule has 0 bridgehead atoms. The largest absolute Gasteiger partial charge is 0.481 e. The van der Waals surface area contributed by atoms with Crippen LogP contribution in [0.25, 0.3) is 0 Å². The molecule has 26 heavy (non-hydrogen) atoms. The number of aliphatic hydroxyl groups is 2. The molecule has 0 aliphatic heterocycles. The van der Waals surface area contributed by atoms with Gasteiger partial charge in [-0.05, 0) is 6.92 Å². The third-order valence-electron chi connectivity index (χ3n) is 3.09. The van der Waals surface area contributed by atoms with Crippen molar-refractivity contribution < 1.29 is 44.4 Å². The highest BCUT2D eigenvalue weighted by atomic mass is 16.4. The van der Waals surface area contributed by atoms with Crippen molar-refractivity contribution in [2.75, 3.05) is 13.2 Å². The van der Waals surface area contributed by atoms with Gasteiger partial charge >= 0.3 is 11.9 Å². The summed E-state index contributed by atoms with van der Waals surface area (Å²) >= 11 is 0. The second-order valence-corrected chi connectivity index (χ2v) is 5.26. The summed E-state index contributed by atoms with van der Waals surface area (Å²) in [4.78, 5) is 57.1. The molecule has 0 heterocycles. The summed E-state index contributed by atoms with van der Waals surface area (Å²) < 4.78 is 0. The summed E-state index contributed by atoms with van der Waals surface area (Å²) in [5.41, 5.74) is 5.25. The van der Waals surface area contributed by atoms with Crippen LogP contribution in [0.4, 0.5) is 0 Å². The quantitative estimate of drug-likeness (QED) is 0.171. The second kappa shape index (κ2) is 11.0. The van der Waals surface area contributed by atoms with E-state index in [9.17, 15) is 29.1 Å². The maximum atomic E-state index is 12.1. The fourth-order valence-electron chi connectivity index (χ4n) is 1.59. The van der Waals surface area contributed by atoms with Gasteiger partial charge in [0.1, 0.15) is 24.2 Å². The lowest BCUT2D eigenvalue weighted by atomic mass is 10.1. The number of nitrogens with two attached hydrogens (primary N) is 1. The molecule has 0 rings (SSSR count). The Kier molecular flexibility index (Phi) is 9.80. The molecule has 13 heteroatoms. The summed E-state index contributed by atoms with van der Waals surface area (Å²) in [7, 11) is 0. The number of carbonyl (C=O) groups is 5. The zero-order valence-electron chi connectivity index (χ0n) is 13.8. The molecule has 148 valence electrons. The number of rotatable bonds is 11. The van der Waals surface area contributed by atoms with Crippen molar-refractivity contribution in [1.29, 1.82) is 0 Å². The number of carbonyl (C=O) groups excluding carboxylic acids is 3. The summed E-state index contributed by atoms with van der Waals surface area (Å²) in [6.07, 6.45) is -0.860. The monoisotopic (exact) mass is 378 g/mol. The van der Waals surface area contributed by atoms with Crippen molar-refractivity contribution in [3.63, 3.8) is 0 Å². The molecule has 0 aliphatic carbocycles. The van der Waals surface area contributed by atoms with E-state index in [4.69, 9.17) is 21.1 Å². The topological polar surface area (TPSA) is 228 Å². The maximum Gasteiger partial charge on any atom is 0.325 e. The van der Waals surface area contributed by atoms with Crippen molar-refractivity contribution in [1.82, 2.24) is 16.0 Å². The van der Waals surface area contributed by atoms with Gasteiger partial charge in [-0.3, -0.25) is 24.0 Å². The SMILES string of the molecule is CC(NC(=O)C(CO)NC(=O)C(CC(=O)O)NC(=O)C(N)CO)C(=O)O. The van der Waals surface area contributed by atoms with Gasteiger partial charge in [0.05, 0.1) is 19.6 Å². The van der Waals surface area contributed by atoms with Crippen LogP contribution in [0.15, 0.2) is 0 Å². The van der Waals surface area contributed by atoms with Crippen LogP contribution in [-0.4, -0.2) is 87.5 Å². The number of carboxylic acids is 2. The van der Waals surface area contributed by atoms with Crippen molar-refractivity contribution in [2.45, 2.75) is 37.5 Å². The first-order valence-electron chi connectivity index (χ1n) is 7.36. The average Bonchev–Trinajstić information content (AvgIpc) is 2.56. The second-order valence-electron chi connectivity index (χ2n) is 5.26. The molecule has 0 radical (unpaired) electrons. The molecule has 0 fully saturated rings. The van der Waals surface area contributed by atoms with Crippen LogP contribution < -0.4 is 21.7 Å². The molecule has 0 spiro atoms. The molecular formula is C13H22N4O9. The Morgan fingerprint density at radius 3 is 1.77 bits per heavy atom. The summed E-state index contributed by atoms with van der Waals surface area (Å²) in [6.45, 7) is -0.504. The van der Waals surface area contributed by atoms with Crippen molar-refractivity contribution >= 4 is 29.7 Å². The number of aliphatic carboxylic acids is 2. The molecule has 4 unspecified atom stereocenters. The minimum Gasteiger partial charge on any atom is -0.481 e. The Morgan fingerprint density at radius 1 is 0.846 bits per heavy atom. The van der Waals surface area contributed by atoms with Gasteiger partial charge < -0.3 is 42.1 Å². The Balaban J connectivity index is 5.07. The number of hydrogen-bond donors (Lipinski definition) is 8. The van der Waals surface area contributed by atoms with Gasteiger partial charge in [0.25, 0.3) is 0 Å². The predicted molar refractivity (Wildman–Crippen MR) is 83.5 cm³/mol. The number of aliphatic hydroxyl groups excluding tert-OH is 2. The number of nitrogens with one attached hydrogen (secondary N) is 3. The molecule has 0 aromatic heterocycles. The van der Waals surface area contributed by atoms with E-state index < -0.39 is 73.5 Å². The van der Waals surface area contributed by atoms with Gasteiger partial charge in [-0.15, -0.1) is 0 Å². The van der Waals surface area contributed by atoms with E-state index in [1.54, 1.807) is 0 Å². The van der Waals surface area contributed by atoms with Gasteiger partial charge in [0.15, 0.2) is 0 Å². The van der Waals surface area contributed by atoms with Gasteiger partial charge in [-0.1, -0.05) is 0 Å². The maximum absolute atomic E-state index is 12.1. The van der Waals surface area contributed by atoms with Crippen molar-refractivity contribution in [2.24, 2.45) is 5.73 Å². The number of amides is 3. The Labute approximate surface area is 147 Å². The first-order chi connectivity index (χ1) is 12.0. The van der Waals surface area contributed by atoms with Crippen molar-refractivity contribution in [3.05, 3.63) is 0 Å². The Bertz CT molecular complexity index is 554. The van der Waals surface area contributed by atoms with Gasteiger partial charge in [0.2, 0.25) is 17.7 Å². The normalized spacial score (nSPS) is 15.1. The zero-order chi connectivity index (χ0) is 20.4. The van der Waals surface area contributed by atoms with E-state index in [2.05, 4.69) is 0 Å². The van der Waals surface area contributed by atoms with Crippen molar-refractivity contribution in [3.8, 4) is 0 Å². The van der Waals surface area contributed by atoms with Crippen LogP contribution in [0, 0.1) is 0 Å². The fourth-order valence-corrected chi connectivity index (χ4v) is 1.59. The molecule has 9 N–H and O–H groups in total. The Hall–Kier alpha value is -2.77. The Morgan fingerprint density at radius 2 is 1.35 bits per heavy atom. The average molecular weight is 378 g/mol. The molecule has 0 aliphatic rings. The molecule has 0 saturated carbocycles. The zero-order valence-corrected chi connectivity index (χ0v) is 13.8. The first-order valence-corrected chi connectivity index (χ1v) is 7.36. The minimum absolute atomic E-state index is 0.748. The van der Waals surface area contributed by atoms with E-state index in [0.717, 1.165) is 6.92 Å². The van der Waals surface area contributed by atoms with Gasteiger partial charge in [0, 0.05) is 0 Å². The van der Waals surface area contributed by atoms with Crippen LogP contribution in [0.5, 0.6) is 0 Å². The smallest absolute Gasteiger partial charge is 0.325 e. The summed E-state index contributed by atoms with van der Waals surface area (Å²) in [6, 6.07) is -5.92. The van der Waals surface area contributed by atoms with Gasteiger partial charge in [-0.25, -0.2) is 0 Å². The van der Waals surface area contributed by atoms with E-state index in [1.165, 1.54) is 0 Å². The number of hydrogen-bond acceptors (Lipinski definition) is 8. The van der Waals surface area contributed by atoms with E-state index in [1.807, 2.05) is 16.0 Å². The van der Waals surface area contributed by atoms with Crippen LogP contribution in [0.2, 0.25) is 0 Å². The fraction of sp³-hybridized carbons (Fsp3) is 0.615. The van der Waals surface area contributed by atoms with Gasteiger partial charge in [-0.2, -0.15) is 0 Å². The lowest BCUT2D eigenvalue weighted by Gasteiger charge is -2.22. The highest BCUT2D eigenvalue weighted by molar-refractivity contribution is 5.95. The lowest BCUT2D eigenvalue weighted by molar-refractivity contribution is -0.143. The molecule has 13 nitrogen and oxygen atoms in total. The van der Waals surface area contributed by atoms with Crippen LogP contribution in [0.1, 0.15) is 13.3 Å². The molecule has 0 aromatic rings. The lowest BCUT2D eigenvalue weighted by Crippen LogP contribution is -2.58. The highest BCUT2D eigenvalue weighted by Crippen LogP contribution is 1.97. The molecule has 0 aromatic carbocycles. The molecular weight excluding hydrogens is 356 g/mol. The third-order valence-corrected chi connectivity index (χ3v) is 3.09. The van der Waals surface area contributed by atoms with Crippen LogP contribution in [0.3, 0.4) is 0 Å². The minimum atomic E-state index is -1.64. The third kappa shape index (κ3) is 7.87. The standard InChI is InChI=1S/C13H22N4O9/c1-5(13(25)26)15-12(24)8(4-19)17-11(23)7(2-9(20)21)16-10(22)6(14)3-18/h5-8,18-19H,2-4,14H2,1H3,(H,15,24)(H,16,22)(H,17,23)(H,20,21)(H,25,26). The van der Waals surface area contributed by atoms with E-state index in [0.29, 0.717) is 0 Å². The highest BCUT2D eigenvalue weighted by Gasteiger charge is 2.30. The first kappa shape index (κ1) is 23.2. The summed E-state index contributed by atoms with van der Waals surface area (Å²) in [5.74, 6) is -5.95. The van der Waals surface area contributed by atoms with E-state index >= 15 is 0 Å². The van der Waals surface area contributed by atoms with E-state index in [-0.39, 0.29) is 0 Å². The van der Waals surface area contributed by atoms with Crippen LogP contribution >= 0.6 is 0 Å². The summed E-state index contributed by atoms with van der Waals surface area (Å²) in [5, 5.41) is 41.5. The molecule has 3 amide bonds.